The lowest BCUT2D eigenvalue weighted by molar-refractivity contribution is -0.122. The summed E-state index contributed by atoms with van der Waals surface area (Å²) in [5, 5.41) is 2.97. The summed E-state index contributed by atoms with van der Waals surface area (Å²) in [6.45, 7) is 13.0. The number of pyridine rings is 1. The summed E-state index contributed by atoms with van der Waals surface area (Å²) < 4.78 is 11.4. The van der Waals surface area contributed by atoms with E-state index in [4.69, 9.17) is 9.47 Å². The van der Waals surface area contributed by atoms with Crippen LogP contribution in [0.5, 0.6) is 5.75 Å². The Morgan fingerprint density at radius 3 is 2.40 bits per heavy atom. The van der Waals surface area contributed by atoms with Crippen LogP contribution in [-0.2, 0) is 16.1 Å². The topological polar surface area (TPSA) is 104 Å². The average Bonchev–Trinajstić information content (AvgIpc) is 3.58. The number of rotatable bonds is 11. The number of nitrogens with one attached hydrogen (secondary N) is 2. The molecule has 1 saturated heterocycles. The van der Waals surface area contributed by atoms with Gasteiger partial charge in [-0.25, -0.2) is 0 Å². The van der Waals surface area contributed by atoms with Crippen LogP contribution in [0.1, 0.15) is 65.3 Å². The SMILES string of the molecule is CCN(C(=O)C1CCCC1)c1cc(-c2ccc(OCCN3CCOCC3)cc2)cc(C(=O)NCc2c(C)cc(C)[nH]c2=O)c1C. The van der Waals surface area contributed by atoms with E-state index in [0.717, 1.165) is 97.9 Å². The van der Waals surface area contributed by atoms with Crippen molar-refractivity contribution in [2.75, 3.05) is 50.9 Å². The van der Waals surface area contributed by atoms with Gasteiger partial charge in [0.1, 0.15) is 12.4 Å². The quantitative estimate of drug-likeness (QED) is 0.310. The van der Waals surface area contributed by atoms with E-state index in [1.807, 2.05) is 75.1 Å². The molecular weight excluding hydrogens is 568 g/mol. The Balaban J connectivity index is 1.41. The highest BCUT2D eigenvalue weighted by molar-refractivity contribution is 6.02. The van der Waals surface area contributed by atoms with E-state index in [9.17, 15) is 14.4 Å². The first-order valence-corrected chi connectivity index (χ1v) is 16.2. The summed E-state index contributed by atoms with van der Waals surface area (Å²) in [5.74, 6) is 0.618. The number of morpholine rings is 1. The Bertz CT molecular complexity index is 1550. The molecule has 2 aromatic carbocycles. The molecule has 2 amide bonds. The minimum Gasteiger partial charge on any atom is -0.492 e. The fourth-order valence-electron chi connectivity index (χ4n) is 6.45. The van der Waals surface area contributed by atoms with E-state index in [-0.39, 0.29) is 29.8 Å². The van der Waals surface area contributed by atoms with Crippen molar-refractivity contribution in [2.24, 2.45) is 5.92 Å². The molecule has 1 aromatic heterocycles. The van der Waals surface area contributed by atoms with Gasteiger partial charge in [0, 0.05) is 61.1 Å². The Hall–Kier alpha value is -3.95. The number of nitrogens with zero attached hydrogens (tertiary/aromatic N) is 2. The third-order valence-electron chi connectivity index (χ3n) is 9.09. The standard InChI is InChI=1S/C36H46N4O5/c1-5-40(36(43)28-8-6-7-9-28)33-22-29(27-10-12-30(13-11-27)45-19-16-39-14-17-44-18-15-39)21-31(26(33)4)34(41)37-23-32-24(2)20-25(3)38-35(32)42/h10-13,20-22,28H,5-9,14-19,23H2,1-4H3,(H,37,41)(H,38,42). The number of aryl methyl sites for hydroxylation is 2. The average molecular weight is 615 g/mol. The van der Waals surface area contributed by atoms with Gasteiger partial charge in [0.05, 0.1) is 13.2 Å². The molecule has 1 saturated carbocycles. The van der Waals surface area contributed by atoms with Crippen LogP contribution in [0.4, 0.5) is 5.69 Å². The first-order valence-electron chi connectivity index (χ1n) is 16.2. The molecule has 0 atom stereocenters. The fourth-order valence-corrected chi connectivity index (χ4v) is 6.45. The number of hydrogen-bond donors (Lipinski definition) is 2. The molecule has 9 heteroatoms. The molecule has 5 rings (SSSR count). The maximum absolute atomic E-state index is 13.7. The molecule has 2 heterocycles. The van der Waals surface area contributed by atoms with Crippen molar-refractivity contribution in [3.05, 3.63) is 80.8 Å². The van der Waals surface area contributed by atoms with Gasteiger partial charge in [-0.05, 0) is 93.1 Å². The van der Waals surface area contributed by atoms with Crippen LogP contribution in [0.25, 0.3) is 11.1 Å². The monoisotopic (exact) mass is 614 g/mol. The Morgan fingerprint density at radius 2 is 1.73 bits per heavy atom. The Morgan fingerprint density at radius 1 is 1.02 bits per heavy atom. The summed E-state index contributed by atoms with van der Waals surface area (Å²) >= 11 is 0. The maximum Gasteiger partial charge on any atom is 0.253 e. The molecule has 0 unspecified atom stereocenters. The smallest absolute Gasteiger partial charge is 0.253 e. The lowest BCUT2D eigenvalue weighted by Crippen LogP contribution is -2.38. The number of carbonyl (C=O) groups is 2. The van der Waals surface area contributed by atoms with E-state index >= 15 is 0 Å². The zero-order valence-electron chi connectivity index (χ0n) is 27.0. The van der Waals surface area contributed by atoms with Crippen molar-refractivity contribution >= 4 is 17.5 Å². The summed E-state index contributed by atoms with van der Waals surface area (Å²) in [6, 6.07) is 13.7. The minimum atomic E-state index is -0.289. The number of aromatic amines is 1. The molecule has 1 aliphatic heterocycles. The van der Waals surface area contributed by atoms with Gasteiger partial charge in [-0.3, -0.25) is 19.3 Å². The number of anilines is 1. The molecule has 2 N–H and O–H groups in total. The van der Waals surface area contributed by atoms with Gasteiger partial charge in [-0.2, -0.15) is 0 Å². The van der Waals surface area contributed by atoms with Crippen LogP contribution in [0.15, 0.2) is 47.3 Å². The van der Waals surface area contributed by atoms with Crippen molar-refractivity contribution in [2.45, 2.75) is 59.9 Å². The second-order valence-electron chi connectivity index (χ2n) is 12.2. The highest BCUT2D eigenvalue weighted by Crippen LogP contribution is 2.35. The predicted molar refractivity (Wildman–Crippen MR) is 177 cm³/mol. The lowest BCUT2D eigenvalue weighted by Gasteiger charge is -2.28. The summed E-state index contributed by atoms with van der Waals surface area (Å²) in [7, 11) is 0. The highest BCUT2D eigenvalue weighted by Gasteiger charge is 2.29. The van der Waals surface area contributed by atoms with Gasteiger partial charge in [0.15, 0.2) is 0 Å². The molecule has 2 fully saturated rings. The maximum atomic E-state index is 13.7. The molecule has 0 bridgehead atoms. The molecule has 2 aliphatic rings. The molecule has 0 radical (unpaired) electrons. The van der Waals surface area contributed by atoms with Crippen molar-refractivity contribution in [1.82, 2.24) is 15.2 Å². The predicted octanol–water partition coefficient (Wildman–Crippen LogP) is 5.15. The van der Waals surface area contributed by atoms with Gasteiger partial charge in [0.2, 0.25) is 5.91 Å². The molecular formula is C36H46N4O5. The van der Waals surface area contributed by atoms with Crippen LogP contribution in [0.2, 0.25) is 0 Å². The number of ether oxygens (including phenoxy) is 2. The van der Waals surface area contributed by atoms with Crippen molar-refractivity contribution < 1.29 is 19.1 Å². The molecule has 45 heavy (non-hydrogen) atoms. The number of H-pyrrole nitrogens is 1. The summed E-state index contributed by atoms with van der Waals surface area (Å²) in [6.07, 6.45) is 3.94. The van der Waals surface area contributed by atoms with Crippen molar-refractivity contribution in [3.8, 4) is 16.9 Å². The van der Waals surface area contributed by atoms with Crippen LogP contribution in [0.3, 0.4) is 0 Å². The summed E-state index contributed by atoms with van der Waals surface area (Å²) in [4.78, 5) is 47.0. The van der Waals surface area contributed by atoms with Crippen molar-refractivity contribution in [3.63, 3.8) is 0 Å². The van der Waals surface area contributed by atoms with Gasteiger partial charge in [-0.1, -0.05) is 25.0 Å². The van der Waals surface area contributed by atoms with E-state index < -0.39 is 0 Å². The third kappa shape index (κ3) is 7.83. The zero-order chi connectivity index (χ0) is 31.9. The number of aromatic nitrogens is 1. The third-order valence-corrected chi connectivity index (χ3v) is 9.09. The summed E-state index contributed by atoms with van der Waals surface area (Å²) in [5.41, 5.74) is 5.64. The van der Waals surface area contributed by atoms with Crippen LogP contribution < -0.4 is 20.5 Å². The highest BCUT2D eigenvalue weighted by atomic mass is 16.5. The van der Waals surface area contributed by atoms with Gasteiger partial charge < -0.3 is 24.7 Å². The molecule has 9 nitrogen and oxygen atoms in total. The van der Waals surface area contributed by atoms with Gasteiger partial charge in [0.25, 0.3) is 11.5 Å². The minimum absolute atomic E-state index is 0.00964. The Labute approximate surface area is 265 Å². The van der Waals surface area contributed by atoms with E-state index in [0.29, 0.717) is 24.3 Å². The number of amides is 2. The molecule has 3 aromatic rings. The first kappa shape index (κ1) is 32.4. The Kier molecular flexibility index (Phi) is 10.7. The number of hydrogen-bond acceptors (Lipinski definition) is 6. The fraction of sp³-hybridized carbons (Fsp3) is 0.472. The number of carbonyl (C=O) groups excluding carboxylic acids is 2. The second-order valence-corrected chi connectivity index (χ2v) is 12.2. The van der Waals surface area contributed by atoms with Crippen LogP contribution in [0, 0.1) is 26.7 Å². The van der Waals surface area contributed by atoms with Crippen molar-refractivity contribution in [1.29, 1.82) is 0 Å². The molecule has 240 valence electrons. The van der Waals surface area contributed by atoms with E-state index in [1.165, 1.54) is 0 Å². The van der Waals surface area contributed by atoms with Gasteiger partial charge >= 0.3 is 0 Å². The van der Waals surface area contributed by atoms with Gasteiger partial charge in [-0.15, -0.1) is 0 Å². The molecule has 1 aliphatic carbocycles. The molecule has 0 spiro atoms. The van der Waals surface area contributed by atoms with Crippen LogP contribution >= 0.6 is 0 Å². The van der Waals surface area contributed by atoms with E-state index in [1.54, 1.807) is 0 Å². The number of benzene rings is 2. The largest absolute Gasteiger partial charge is 0.492 e. The second kappa shape index (κ2) is 14.9. The van der Waals surface area contributed by atoms with E-state index in [2.05, 4.69) is 15.2 Å². The normalized spacial score (nSPS) is 15.6. The lowest BCUT2D eigenvalue weighted by atomic mass is 9.95. The zero-order valence-corrected chi connectivity index (χ0v) is 27.0. The van der Waals surface area contributed by atoms with Crippen LogP contribution in [-0.4, -0.2) is 67.7 Å². The first-order chi connectivity index (χ1) is 21.7.